The van der Waals surface area contributed by atoms with Crippen LogP contribution in [0.15, 0.2) is 12.1 Å². The van der Waals surface area contributed by atoms with Crippen LogP contribution in [-0.4, -0.2) is 35.0 Å². The predicted octanol–water partition coefficient (Wildman–Crippen LogP) is 3.37. The maximum absolute atomic E-state index is 10.9. The summed E-state index contributed by atoms with van der Waals surface area (Å²) in [6.07, 6.45) is 5.19. The fourth-order valence-electron chi connectivity index (χ4n) is 1.64. The first-order valence-electron chi connectivity index (χ1n) is 6.80. The average molecular weight is 298 g/mol. The molecule has 1 aromatic heterocycles. The summed E-state index contributed by atoms with van der Waals surface area (Å²) in [5, 5.41) is 17.1. The molecule has 7 heteroatoms. The quantitative estimate of drug-likeness (QED) is 0.391. The van der Waals surface area contributed by atoms with Crippen LogP contribution in [0.4, 0.5) is 17.3 Å². The van der Waals surface area contributed by atoms with Crippen LogP contribution in [-0.2, 0) is 0 Å². The van der Waals surface area contributed by atoms with Crippen molar-refractivity contribution in [2.75, 3.05) is 35.7 Å². The normalized spacial score (nSPS) is 10.3. The molecule has 0 aliphatic heterocycles. The molecule has 0 aromatic carbocycles. The van der Waals surface area contributed by atoms with Crippen molar-refractivity contribution in [2.24, 2.45) is 0 Å². The van der Waals surface area contributed by atoms with E-state index in [1.807, 2.05) is 18.7 Å². The second-order valence-corrected chi connectivity index (χ2v) is 5.39. The van der Waals surface area contributed by atoms with Crippen molar-refractivity contribution in [1.29, 1.82) is 0 Å². The van der Waals surface area contributed by atoms with Gasteiger partial charge in [0.2, 0.25) is 0 Å². The zero-order valence-corrected chi connectivity index (χ0v) is 12.8. The van der Waals surface area contributed by atoms with E-state index < -0.39 is 4.92 Å². The number of nitrogens with one attached hydrogen (secondary N) is 2. The number of pyridine rings is 1. The van der Waals surface area contributed by atoms with Crippen LogP contribution in [0.5, 0.6) is 0 Å². The van der Waals surface area contributed by atoms with Gasteiger partial charge in [0.1, 0.15) is 11.6 Å². The van der Waals surface area contributed by atoms with E-state index >= 15 is 0 Å². The molecule has 1 rings (SSSR count). The molecule has 20 heavy (non-hydrogen) atoms. The Balaban J connectivity index is 2.63. The maximum atomic E-state index is 10.9. The topological polar surface area (TPSA) is 80.1 Å². The lowest BCUT2D eigenvalue weighted by molar-refractivity contribution is -0.384. The Kier molecular flexibility index (Phi) is 7.79. The molecule has 0 amide bonds. The molecule has 0 fully saturated rings. The molecule has 0 atom stereocenters. The van der Waals surface area contributed by atoms with E-state index in [1.165, 1.54) is 12.1 Å². The molecule has 0 spiro atoms. The summed E-state index contributed by atoms with van der Waals surface area (Å²) in [6, 6.07) is 2.94. The predicted molar refractivity (Wildman–Crippen MR) is 85.8 cm³/mol. The number of unbranched alkanes of at least 4 members (excludes halogenated alkanes) is 1. The molecule has 1 heterocycles. The van der Waals surface area contributed by atoms with Crippen molar-refractivity contribution < 1.29 is 4.92 Å². The summed E-state index contributed by atoms with van der Waals surface area (Å²) in [4.78, 5) is 14.9. The van der Waals surface area contributed by atoms with Gasteiger partial charge in [-0.15, -0.1) is 0 Å². The average Bonchev–Trinajstić information content (AvgIpc) is 2.44. The molecule has 0 radical (unpaired) electrons. The van der Waals surface area contributed by atoms with Crippen molar-refractivity contribution in [1.82, 2.24) is 4.98 Å². The van der Waals surface area contributed by atoms with E-state index in [0.29, 0.717) is 11.6 Å². The van der Waals surface area contributed by atoms with Gasteiger partial charge in [0, 0.05) is 13.1 Å². The monoisotopic (exact) mass is 298 g/mol. The van der Waals surface area contributed by atoms with Crippen molar-refractivity contribution in [2.45, 2.75) is 26.2 Å². The standard InChI is InChI=1S/C13H22N4O2S/c1-3-6-14-12-9-11(17(18)19)10-13(16-12)15-7-4-5-8-20-2/h9-10H,3-8H2,1-2H3,(H2,14,15,16). The van der Waals surface area contributed by atoms with Gasteiger partial charge in [-0.3, -0.25) is 10.1 Å². The number of hydrogen-bond donors (Lipinski definition) is 2. The van der Waals surface area contributed by atoms with E-state index in [2.05, 4.69) is 21.9 Å². The number of anilines is 2. The Labute approximate surface area is 123 Å². The molecule has 6 nitrogen and oxygen atoms in total. The van der Waals surface area contributed by atoms with Crippen LogP contribution in [0.1, 0.15) is 26.2 Å². The zero-order chi connectivity index (χ0) is 14.8. The van der Waals surface area contributed by atoms with Gasteiger partial charge in [0.05, 0.1) is 17.1 Å². The minimum Gasteiger partial charge on any atom is -0.370 e. The number of nitrogens with zero attached hydrogens (tertiary/aromatic N) is 2. The van der Waals surface area contributed by atoms with Gasteiger partial charge in [0.25, 0.3) is 5.69 Å². The van der Waals surface area contributed by atoms with Gasteiger partial charge < -0.3 is 10.6 Å². The highest BCUT2D eigenvalue weighted by Gasteiger charge is 2.10. The molecular weight excluding hydrogens is 276 g/mol. The van der Waals surface area contributed by atoms with Crippen LogP contribution in [0, 0.1) is 10.1 Å². The SMILES string of the molecule is CCCNc1cc([N+](=O)[O-])cc(NCCCCSC)n1. The van der Waals surface area contributed by atoms with Crippen LogP contribution in [0.25, 0.3) is 0 Å². The Morgan fingerprint density at radius 3 is 2.45 bits per heavy atom. The molecule has 0 unspecified atom stereocenters. The number of hydrogen-bond acceptors (Lipinski definition) is 6. The van der Waals surface area contributed by atoms with Crippen molar-refractivity contribution in [3.05, 3.63) is 22.2 Å². The smallest absolute Gasteiger partial charge is 0.276 e. The second-order valence-electron chi connectivity index (χ2n) is 4.41. The maximum Gasteiger partial charge on any atom is 0.276 e. The molecule has 0 aliphatic carbocycles. The molecule has 0 aliphatic rings. The largest absolute Gasteiger partial charge is 0.370 e. The Morgan fingerprint density at radius 1 is 1.25 bits per heavy atom. The highest BCUT2D eigenvalue weighted by molar-refractivity contribution is 7.98. The number of nitro groups is 1. The first kappa shape index (κ1) is 16.6. The third-order valence-corrected chi connectivity index (χ3v) is 3.36. The van der Waals surface area contributed by atoms with E-state index in [4.69, 9.17) is 0 Å². The van der Waals surface area contributed by atoms with Gasteiger partial charge in [-0.25, -0.2) is 4.98 Å². The van der Waals surface area contributed by atoms with Crippen molar-refractivity contribution in [3.63, 3.8) is 0 Å². The van der Waals surface area contributed by atoms with Crippen LogP contribution in [0.3, 0.4) is 0 Å². The van der Waals surface area contributed by atoms with Gasteiger partial charge in [-0.05, 0) is 31.3 Å². The Morgan fingerprint density at radius 2 is 1.90 bits per heavy atom. The summed E-state index contributed by atoms with van der Waals surface area (Å²) in [6.45, 7) is 3.57. The van der Waals surface area contributed by atoms with Gasteiger partial charge >= 0.3 is 0 Å². The van der Waals surface area contributed by atoms with Gasteiger partial charge in [-0.1, -0.05) is 6.92 Å². The molecule has 112 valence electrons. The second kappa shape index (κ2) is 9.41. The summed E-state index contributed by atoms with van der Waals surface area (Å²) in [5.74, 6) is 2.24. The summed E-state index contributed by atoms with van der Waals surface area (Å²) in [5.41, 5.74) is 0.0604. The number of aromatic nitrogens is 1. The first-order chi connectivity index (χ1) is 9.67. The van der Waals surface area contributed by atoms with E-state index in [1.54, 1.807) is 0 Å². The minimum atomic E-state index is -0.391. The van der Waals surface area contributed by atoms with E-state index in [-0.39, 0.29) is 5.69 Å². The van der Waals surface area contributed by atoms with Crippen LogP contribution in [0.2, 0.25) is 0 Å². The molecule has 1 aromatic rings. The van der Waals surface area contributed by atoms with Crippen molar-refractivity contribution in [3.8, 4) is 0 Å². The molecular formula is C13H22N4O2S. The van der Waals surface area contributed by atoms with Gasteiger partial charge in [0.15, 0.2) is 0 Å². The number of thioether (sulfide) groups is 1. The summed E-state index contributed by atoms with van der Waals surface area (Å²) in [7, 11) is 0. The summed E-state index contributed by atoms with van der Waals surface area (Å²) < 4.78 is 0. The van der Waals surface area contributed by atoms with Crippen molar-refractivity contribution >= 4 is 29.1 Å². The lowest BCUT2D eigenvalue weighted by atomic mass is 10.3. The Hall–Kier alpha value is -1.50. The zero-order valence-electron chi connectivity index (χ0n) is 12.0. The molecule has 2 N–H and O–H groups in total. The fourth-order valence-corrected chi connectivity index (χ4v) is 2.14. The van der Waals surface area contributed by atoms with Crippen LogP contribution >= 0.6 is 11.8 Å². The van der Waals surface area contributed by atoms with Crippen LogP contribution < -0.4 is 10.6 Å². The third kappa shape index (κ3) is 6.10. The Bertz CT molecular complexity index is 429. The number of rotatable bonds is 10. The molecule has 0 saturated carbocycles. The first-order valence-corrected chi connectivity index (χ1v) is 8.20. The third-order valence-electron chi connectivity index (χ3n) is 2.66. The lowest BCUT2D eigenvalue weighted by Crippen LogP contribution is -2.08. The minimum absolute atomic E-state index is 0.0604. The molecule has 0 bridgehead atoms. The van der Waals surface area contributed by atoms with E-state index in [9.17, 15) is 10.1 Å². The molecule has 0 saturated heterocycles. The fraction of sp³-hybridized carbons (Fsp3) is 0.615. The van der Waals surface area contributed by atoms with Gasteiger partial charge in [-0.2, -0.15) is 11.8 Å². The van der Waals surface area contributed by atoms with E-state index in [0.717, 1.165) is 38.1 Å². The summed E-state index contributed by atoms with van der Waals surface area (Å²) >= 11 is 1.82. The highest BCUT2D eigenvalue weighted by atomic mass is 32.2. The highest BCUT2D eigenvalue weighted by Crippen LogP contribution is 2.20. The lowest BCUT2D eigenvalue weighted by Gasteiger charge is -2.09.